The Balaban J connectivity index is 0.000000152. The fourth-order valence-electron chi connectivity index (χ4n) is 7.27. The van der Waals surface area contributed by atoms with E-state index >= 15 is 0 Å². The van der Waals surface area contributed by atoms with E-state index in [0.29, 0.717) is 18.7 Å². The first-order chi connectivity index (χ1) is 28.9. The molecule has 10 aromatic rings. The normalized spacial score (nSPS) is 11.1. The molecule has 11 nitrogen and oxygen atoms in total. The molecule has 0 aliphatic carbocycles. The molecule has 286 valence electrons. The minimum absolute atomic E-state index is 0.499. The molecule has 0 atom stereocenters. The second kappa shape index (κ2) is 16.2. The van der Waals surface area contributed by atoms with Gasteiger partial charge in [-0.1, -0.05) is 40.2 Å². The van der Waals surface area contributed by atoms with Crippen molar-refractivity contribution >= 4 is 71.2 Å². The second-order valence-corrected chi connectivity index (χ2v) is 15.0. The van der Waals surface area contributed by atoms with Gasteiger partial charge in [-0.05, 0) is 82.6 Å². The first kappa shape index (κ1) is 37.1. The number of aromatic nitrogens is 8. The van der Waals surface area contributed by atoms with Crippen LogP contribution in [-0.4, -0.2) is 39.0 Å². The van der Waals surface area contributed by atoms with Crippen LogP contribution < -0.4 is 10.6 Å². The molecule has 0 saturated heterocycles. The third-order valence-electron chi connectivity index (χ3n) is 10.4. The number of benzene rings is 4. The summed E-state index contributed by atoms with van der Waals surface area (Å²) in [5, 5.41) is 18.7. The maximum Gasteiger partial charge on any atom is 0.0996 e. The molecule has 6 aromatic heterocycles. The van der Waals surface area contributed by atoms with Crippen molar-refractivity contribution in [1.29, 1.82) is 5.26 Å². The summed E-state index contributed by atoms with van der Waals surface area (Å²) in [7, 11) is 4.11. The third-order valence-corrected chi connectivity index (χ3v) is 11.2. The van der Waals surface area contributed by atoms with Crippen molar-refractivity contribution in [2.24, 2.45) is 14.1 Å². The van der Waals surface area contributed by atoms with Gasteiger partial charge in [0.15, 0.2) is 0 Å². The summed E-state index contributed by atoms with van der Waals surface area (Å²) in [6, 6.07) is 31.3. The number of halogens is 1. The summed E-state index contributed by atoms with van der Waals surface area (Å²) < 4.78 is 5.28. The van der Waals surface area contributed by atoms with Gasteiger partial charge in [0.1, 0.15) is 0 Å². The van der Waals surface area contributed by atoms with Crippen LogP contribution in [0.3, 0.4) is 0 Å². The maximum absolute atomic E-state index is 9.32. The van der Waals surface area contributed by atoms with Gasteiger partial charge in [-0.2, -0.15) is 5.26 Å². The monoisotopic (exact) mass is 833 g/mol. The summed E-state index contributed by atoms with van der Waals surface area (Å²) >= 11 is 3.58. The number of pyridine rings is 2. The number of aryl methyl sites for hydroxylation is 2. The molecular formula is C47H36BrN11. The number of nitriles is 1. The van der Waals surface area contributed by atoms with Crippen LogP contribution in [0.2, 0.25) is 0 Å². The molecule has 0 fully saturated rings. The number of rotatable bonds is 8. The summed E-state index contributed by atoms with van der Waals surface area (Å²) in [4.78, 5) is 26.6. The van der Waals surface area contributed by atoms with Gasteiger partial charge in [0, 0.05) is 138 Å². The lowest BCUT2D eigenvalue weighted by molar-refractivity contribution is 0.969. The van der Waals surface area contributed by atoms with E-state index in [-0.39, 0.29) is 0 Å². The van der Waals surface area contributed by atoms with E-state index in [1.165, 1.54) is 16.3 Å². The van der Waals surface area contributed by atoms with Crippen LogP contribution >= 0.6 is 15.9 Å². The van der Waals surface area contributed by atoms with Crippen molar-refractivity contribution in [1.82, 2.24) is 39.0 Å². The summed E-state index contributed by atoms with van der Waals surface area (Å²) in [6.45, 7) is 1.16. The maximum atomic E-state index is 9.32. The Labute approximate surface area is 348 Å². The van der Waals surface area contributed by atoms with Crippen molar-refractivity contribution in [2.45, 2.75) is 13.1 Å². The van der Waals surface area contributed by atoms with Crippen LogP contribution in [-0.2, 0) is 27.2 Å². The first-order valence-electron chi connectivity index (χ1n) is 18.9. The average Bonchev–Trinajstić information content (AvgIpc) is 3.85. The highest BCUT2D eigenvalue weighted by atomic mass is 79.9. The lowest BCUT2D eigenvalue weighted by Crippen LogP contribution is -2.03. The molecule has 0 saturated carbocycles. The van der Waals surface area contributed by atoms with Crippen molar-refractivity contribution < 1.29 is 0 Å². The van der Waals surface area contributed by atoms with Crippen molar-refractivity contribution in [3.05, 3.63) is 168 Å². The van der Waals surface area contributed by atoms with Gasteiger partial charge in [-0.3, -0.25) is 29.9 Å². The van der Waals surface area contributed by atoms with Crippen molar-refractivity contribution in [3.63, 3.8) is 0 Å². The minimum Gasteiger partial charge on any atom is -0.381 e. The Kier molecular flexibility index (Phi) is 10.2. The Morgan fingerprint density at radius 2 is 1.08 bits per heavy atom. The molecule has 10 rings (SSSR count). The molecule has 0 bridgehead atoms. The van der Waals surface area contributed by atoms with Crippen LogP contribution in [0, 0.1) is 11.3 Å². The van der Waals surface area contributed by atoms with Crippen LogP contribution in [0.5, 0.6) is 0 Å². The standard InChI is InChI=1S/C24H18N6.C23H18BrN5/c1-30-9-5-16-2-3-17(10-23(16)30)21-11-20(12-22-24(21)28-8-7-27-22)29-15-19-14-26-6-4-18(19)13-25;1-29-9-5-15-2-3-16(10-22(15)29)19-11-18(12-21-23(19)27-8-7-26-21)28-14-17-13-25-6-4-20(17)24/h2-12,14,29H,15H2,1H3;2-13,28H,14H2,1H3. The zero-order valence-electron chi connectivity index (χ0n) is 32.2. The molecule has 6 heterocycles. The van der Waals surface area contributed by atoms with Gasteiger partial charge in [0.05, 0.1) is 33.7 Å². The first-order valence-corrected chi connectivity index (χ1v) is 19.7. The van der Waals surface area contributed by atoms with E-state index in [4.69, 9.17) is 0 Å². The fourth-order valence-corrected chi connectivity index (χ4v) is 7.63. The molecule has 0 radical (unpaired) electrons. The van der Waals surface area contributed by atoms with Gasteiger partial charge in [-0.25, -0.2) is 0 Å². The number of hydrogen-bond acceptors (Lipinski definition) is 9. The Hall–Kier alpha value is -7.49. The largest absolute Gasteiger partial charge is 0.381 e. The quantitative estimate of drug-likeness (QED) is 0.153. The van der Waals surface area contributed by atoms with Gasteiger partial charge in [0.25, 0.3) is 0 Å². The lowest BCUT2D eigenvalue weighted by Gasteiger charge is -2.12. The predicted octanol–water partition coefficient (Wildman–Crippen LogP) is 10.2. The Bertz CT molecular complexity index is 3200. The van der Waals surface area contributed by atoms with Gasteiger partial charge in [0.2, 0.25) is 0 Å². The van der Waals surface area contributed by atoms with E-state index in [2.05, 4.69) is 152 Å². The van der Waals surface area contributed by atoms with E-state index in [0.717, 1.165) is 76.8 Å². The third kappa shape index (κ3) is 7.67. The highest BCUT2D eigenvalue weighted by molar-refractivity contribution is 9.10. The molecule has 0 amide bonds. The highest BCUT2D eigenvalue weighted by Gasteiger charge is 2.13. The van der Waals surface area contributed by atoms with Crippen LogP contribution in [0.4, 0.5) is 11.4 Å². The number of nitrogens with one attached hydrogen (secondary N) is 2. The molecular weight excluding hydrogens is 798 g/mol. The molecule has 0 aliphatic rings. The number of nitrogens with zero attached hydrogens (tertiary/aromatic N) is 9. The zero-order valence-corrected chi connectivity index (χ0v) is 33.8. The number of anilines is 2. The van der Waals surface area contributed by atoms with Crippen LogP contribution in [0.1, 0.15) is 16.7 Å². The van der Waals surface area contributed by atoms with Crippen molar-refractivity contribution in [3.8, 4) is 28.3 Å². The molecule has 4 aromatic carbocycles. The summed E-state index contributed by atoms with van der Waals surface area (Å²) in [6.07, 6.45) is 18.0. The Morgan fingerprint density at radius 1 is 0.576 bits per heavy atom. The van der Waals surface area contributed by atoms with Gasteiger partial charge in [-0.15, -0.1) is 0 Å². The Morgan fingerprint density at radius 3 is 1.63 bits per heavy atom. The van der Waals surface area contributed by atoms with E-state index in [9.17, 15) is 5.26 Å². The zero-order chi connectivity index (χ0) is 40.3. The predicted molar refractivity (Wildman–Crippen MR) is 238 cm³/mol. The van der Waals surface area contributed by atoms with Crippen LogP contribution in [0.25, 0.3) is 66.1 Å². The highest BCUT2D eigenvalue weighted by Crippen LogP contribution is 2.34. The van der Waals surface area contributed by atoms with Crippen molar-refractivity contribution in [2.75, 3.05) is 10.6 Å². The molecule has 12 heteroatoms. The second-order valence-electron chi connectivity index (χ2n) is 14.1. The number of hydrogen-bond donors (Lipinski definition) is 2. The number of fused-ring (bicyclic) bond motifs is 4. The smallest absolute Gasteiger partial charge is 0.0996 e. The van der Waals surface area contributed by atoms with E-state index in [1.807, 2.05) is 31.4 Å². The van der Waals surface area contributed by atoms with E-state index in [1.54, 1.807) is 49.4 Å². The molecule has 0 unspecified atom stereocenters. The van der Waals surface area contributed by atoms with E-state index < -0.39 is 0 Å². The summed E-state index contributed by atoms with van der Waals surface area (Å²) in [5.41, 5.74) is 14.5. The molecule has 0 aliphatic heterocycles. The van der Waals surface area contributed by atoms with Crippen LogP contribution in [0.15, 0.2) is 151 Å². The molecule has 0 spiro atoms. The topological polar surface area (TPSA) is 135 Å². The lowest BCUT2D eigenvalue weighted by atomic mass is 10.0. The fraction of sp³-hybridized carbons (Fsp3) is 0.0851. The SMILES string of the molecule is Cn1ccc2ccc(-c3cc(NCc4cnccc4Br)cc4nccnc34)cc21.Cn1ccc2ccc(-c3cc(NCc4cnccc4C#N)cc4nccnc34)cc21. The van der Waals surface area contributed by atoms with Gasteiger partial charge >= 0.3 is 0 Å². The van der Waals surface area contributed by atoms with Gasteiger partial charge < -0.3 is 19.8 Å². The average molecular weight is 835 g/mol. The summed E-state index contributed by atoms with van der Waals surface area (Å²) in [5.74, 6) is 0. The molecule has 59 heavy (non-hydrogen) atoms. The minimum atomic E-state index is 0.499. The molecule has 2 N–H and O–H groups in total.